The molecule has 1 aromatic carbocycles. The molecule has 0 aliphatic carbocycles. The monoisotopic (exact) mass is 330 g/mol. The van der Waals surface area contributed by atoms with E-state index in [0.717, 1.165) is 5.56 Å². The second-order valence-corrected chi connectivity index (χ2v) is 4.99. The van der Waals surface area contributed by atoms with Crippen LogP contribution in [-0.4, -0.2) is 30.9 Å². The van der Waals surface area contributed by atoms with Crippen molar-refractivity contribution in [1.82, 2.24) is 5.32 Å². The summed E-state index contributed by atoms with van der Waals surface area (Å²) in [5.74, 6) is -1.27. The minimum Gasteiger partial charge on any atom is -0.459 e. The van der Waals surface area contributed by atoms with Crippen molar-refractivity contribution in [2.45, 2.75) is 13.8 Å². The first-order chi connectivity index (χ1) is 11.5. The van der Waals surface area contributed by atoms with E-state index in [9.17, 15) is 14.4 Å². The van der Waals surface area contributed by atoms with E-state index >= 15 is 0 Å². The highest BCUT2D eigenvalue weighted by Crippen LogP contribution is 2.19. The van der Waals surface area contributed by atoms with Gasteiger partial charge >= 0.3 is 5.97 Å². The van der Waals surface area contributed by atoms with Crippen molar-refractivity contribution in [2.75, 3.05) is 18.5 Å². The fourth-order valence-electron chi connectivity index (χ4n) is 1.94. The van der Waals surface area contributed by atoms with E-state index < -0.39 is 11.9 Å². The topological polar surface area (TPSA) is 97.6 Å². The van der Waals surface area contributed by atoms with Gasteiger partial charge in [-0.25, -0.2) is 4.79 Å². The maximum Gasteiger partial charge on any atom is 0.338 e. The quantitative estimate of drug-likeness (QED) is 0.791. The van der Waals surface area contributed by atoms with E-state index in [1.54, 1.807) is 32.0 Å². The Labute approximate surface area is 139 Å². The van der Waals surface area contributed by atoms with Crippen LogP contribution in [0.5, 0.6) is 0 Å². The third-order valence-electron chi connectivity index (χ3n) is 3.17. The van der Waals surface area contributed by atoms with Crippen molar-refractivity contribution >= 4 is 23.5 Å². The molecule has 1 heterocycles. The molecule has 2 rings (SSSR count). The molecule has 24 heavy (non-hydrogen) atoms. The van der Waals surface area contributed by atoms with Gasteiger partial charge in [0.15, 0.2) is 12.4 Å². The van der Waals surface area contributed by atoms with Gasteiger partial charge in [0.05, 0.1) is 11.8 Å². The molecule has 0 aliphatic heterocycles. The van der Waals surface area contributed by atoms with Crippen LogP contribution in [0, 0.1) is 6.92 Å². The van der Waals surface area contributed by atoms with Crippen LogP contribution in [0.4, 0.5) is 5.69 Å². The SMILES string of the molecule is CCNC(=O)COC(=O)c1ccc(C)c(NC(=O)c2ccco2)c1. The number of amides is 2. The van der Waals surface area contributed by atoms with Crippen molar-refractivity contribution in [1.29, 1.82) is 0 Å². The second-order valence-electron chi connectivity index (χ2n) is 4.99. The molecule has 126 valence electrons. The lowest BCUT2D eigenvalue weighted by atomic mass is 10.1. The van der Waals surface area contributed by atoms with E-state index in [4.69, 9.17) is 9.15 Å². The smallest absolute Gasteiger partial charge is 0.338 e. The summed E-state index contributed by atoms with van der Waals surface area (Å²) in [4.78, 5) is 35.3. The number of rotatable bonds is 6. The summed E-state index contributed by atoms with van der Waals surface area (Å²) >= 11 is 0. The number of carbonyl (C=O) groups is 3. The van der Waals surface area contributed by atoms with Gasteiger partial charge in [0.1, 0.15) is 0 Å². The zero-order valence-corrected chi connectivity index (χ0v) is 13.4. The van der Waals surface area contributed by atoms with Crippen molar-refractivity contribution in [3.63, 3.8) is 0 Å². The maximum absolute atomic E-state index is 12.0. The van der Waals surface area contributed by atoms with E-state index in [-0.39, 0.29) is 23.8 Å². The molecular weight excluding hydrogens is 312 g/mol. The number of nitrogens with one attached hydrogen (secondary N) is 2. The number of esters is 1. The summed E-state index contributed by atoms with van der Waals surface area (Å²) in [5.41, 5.74) is 1.47. The zero-order chi connectivity index (χ0) is 17.5. The Balaban J connectivity index is 2.06. The van der Waals surface area contributed by atoms with E-state index in [0.29, 0.717) is 12.2 Å². The fourth-order valence-corrected chi connectivity index (χ4v) is 1.94. The lowest BCUT2D eigenvalue weighted by molar-refractivity contribution is -0.124. The first-order valence-electron chi connectivity index (χ1n) is 7.40. The molecule has 0 radical (unpaired) electrons. The Bertz CT molecular complexity index is 737. The minimum absolute atomic E-state index is 0.165. The second kappa shape index (κ2) is 7.96. The molecule has 2 N–H and O–H groups in total. The number of furan rings is 1. The van der Waals surface area contributed by atoms with Gasteiger partial charge in [-0.05, 0) is 43.7 Å². The summed E-state index contributed by atoms with van der Waals surface area (Å²) in [6, 6.07) is 7.89. The molecule has 0 saturated heterocycles. The van der Waals surface area contributed by atoms with Crippen molar-refractivity contribution in [3.05, 3.63) is 53.5 Å². The summed E-state index contributed by atoms with van der Waals surface area (Å²) in [6.07, 6.45) is 1.40. The number of likely N-dealkylation sites (N-methyl/N-ethyl adjacent to an activating group) is 1. The molecule has 2 amide bonds. The van der Waals surface area contributed by atoms with Crippen LogP contribution in [0.1, 0.15) is 33.4 Å². The lowest BCUT2D eigenvalue weighted by Gasteiger charge is -2.10. The Kier molecular flexibility index (Phi) is 5.73. The van der Waals surface area contributed by atoms with Gasteiger partial charge in [-0.1, -0.05) is 6.07 Å². The Hall–Kier alpha value is -3.09. The maximum atomic E-state index is 12.0. The van der Waals surface area contributed by atoms with Crippen LogP contribution < -0.4 is 10.6 Å². The molecule has 0 bridgehead atoms. The predicted molar refractivity (Wildman–Crippen MR) is 86.8 cm³/mol. The van der Waals surface area contributed by atoms with Crippen LogP contribution in [0.25, 0.3) is 0 Å². The van der Waals surface area contributed by atoms with Gasteiger partial charge < -0.3 is 19.8 Å². The number of hydrogen-bond acceptors (Lipinski definition) is 5. The van der Waals surface area contributed by atoms with E-state index in [2.05, 4.69) is 10.6 Å². The third kappa shape index (κ3) is 4.45. The molecule has 0 fully saturated rings. The van der Waals surface area contributed by atoms with Crippen LogP contribution in [-0.2, 0) is 9.53 Å². The highest BCUT2D eigenvalue weighted by atomic mass is 16.5. The molecule has 0 atom stereocenters. The van der Waals surface area contributed by atoms with Gasteiger partial charge in [0, 0.05) is 12.2 Å². The average molecular weight is 330 g/mol. The molecule has 0 unspecified atom stereocenters. The normalized spacial score (nSPS) is 10.1. The predicted octanol–water partition coefficient (Wildman–Crippen LogP) is 2.13. The average Bonchev–Trinajstić information content (AvgIpc) is 3.09. The Morgan fingerprint density at radius 1 is 1.21 bits per heavy atom. The largest absolute Gasteiger partial charge is 0.459 e. The number of anilines is 1. The van der Waals surface area contributed by atoms with E-state index in [1.807, 2.05) is 0 Å². The molecule has 7 nitrogen and oxygen atoms in total. The first-order valence-corrected chi connectivity index (χ1v) is 7.40. The first kappa shape index (κ1) is 17.3. The fraction of sp³-hybridized carbons (Fsp3) is 0.235. The molecule has 1 aromatic heterocycles. The summed E-state index contributed by atoms with van der Waals surface area (Å²) in [5, 5.41) is 5.20. The van der Waals surface area contributed by atoms with Gasteiger partial charge in [0.25, 0.3) is 11.8 Å². The highest BCUT2D eigenvalue weighted by molar-refractivity contribution is 6.03. The summed E-state index contributed by atoms with van der Waals surface area (Å²) < 4.78 is 9.96. The Morgan fingerprint density at radius 3 is 2.67 bits per heavy atom. The van der Waals surface area contributed by atoms with Crippen LogP contribution in [0.3, 0.4) is 0 Å². The van der Waals surface area contributed by atoms with Crippen LogP contribution in [0.2, 0.25) is 0 Å². The highest BCUT2D eigenvalue weighted by Gasteiger charge is 2.14. The molecule has 0 spiro atoms. The van der Waals surface area contributed by atoms with E-state index in [1.165, 1.54) is 18.4 Å². The zero-order valence-electron chi connectivity index (χ0n) is 13.4. The standard InChI is InChI=1S/C17H18N2O5/c1-3-18-15(20)10-24-17(22)12-7-6-11(2)13(9-12)19-16(21)14-5-4-8-23-14/h4-9H,3,10H2,1-2H3,(H,18,20)(H,19,21). The number of carbonyl (C=O) groups excluding carboxylic acids is 3. The van der Waals surface area contributed by atoms with Gasteiger partial charge in [-0.15, -0.1) is 0 Å². The van der Waals surface area contributed by atoms with Crippen molar-refractivity contribution in [2.24, 2.45) is 0 Å². The molecule has 7 heteroatoms. The third-order valence-corrected chi connectivity index (χ3v) is 3.17. The van der Waals surface area contributed by atoms with Crippen LogP contribution in [0.15, 0.2) is 41.0 Å². The molecular formula is C17H18N2O5. The summed E-state index contributed by atoms with van der Waals surface area (Å²) in [7, 11) is 0. The van der Waals surface area contributed by atoms with Crippen LogP contribution >= 0.6 is 0 Å². The van der Waals surface area contributed by atoms with Crippen molar-refractivity contribution < 1.29 is 23.5 Å². The number of benzene rings is 1. The molecule has 2 aromatic rings. The molecule has 0 aliphatic rings. The lowest BCUT2D eigenvalue weighted by Crippen LogP contribution is -2.28. The number of hydrogen-bond donors (Lipinski definition) is 2. The minimum atomic E-state index is -0.644. The van der Waals surface area contributed by atoms with Crippen molar-refractivity contribution in [3.8, 4) is 0 Å². The molecule has 0 saturated carbocycles. The van der Waals surface area contributed by atoms with Gasteiger partial charge in [-0.3, -0.25) is 9.59 Å². The van der Waals surface area contributed by atoms with Gasteiger partial charge in [0.2, 0.25) is 0 Å². The number of ether oxygens (including phenoxy) is 1. The Morgan fingerprint density at radius 2 is 2.00 bits per heavy atom. The number of aryl methyl sites for hydroxylation is 1. The van der Waals surface area contributed by atoms with Gasteiger partial charge in [-0.2, -0.15) is 0 Å². The summed E-state index contributed by atoms with van der Waals surface area (Å²) in [6.45, 7) is 3.67.